The van der Waals surface area contributed by atoms with Crippen molar-refractivity contribution in [3.8, 4) is 0 Å². The number of amides is 1. The third kappa shape index (κ3) is 7.34. The minimum absolute atomic E-state index is 0.130. The molecule has 0 saturated carbocycles. The predicted octanol–water partition coefficient (Wildman–Crippen LogP) is 4.85. The van der Waals surface area contributed by atoms with Gasteiger partial charge in [-0.2, -0.15) is 13.2 Å². The first-order valence-corrected chi connectivity index (χ1v) is 14.3. The van der Waals surface area contributed by atoms with Crippen LogP contribution in [-0.4, -0.2) is 78.0 Å². The summed E-state index contributed by atoms with van der Waals surface area (Å²) in [6, 6.07) is 5.11. The number of carbonyl (C=O) groups excluding carboxylic acids is 1. The average molecular weight is 580 g/mol. The number of ether oxygens (including phenoxy) is 2. The van der Waals surface area contributed by atoms with Gasteiger partial charge in [0.05, 0.1) is 24.4 Å². The second-order valence-electron chi connectivity index (χ2n) is 11.1. The van der Waals surface area contributed by atoms with Crippen molar-refractivity contribution in [2.45, 2.75) is 82.1 Å². The van der Waals surface area contributed by atoms with Crippen molar-refractivity contribution in [3.05, 3.63) is 53.0 Å². The van der Waals surface area contributed by atoms with Crippen LogP contribution in [0.3, 0.4) is 0 Å². The van der Waals surface area contributed by atoms with Crippen LogP contribution >= 0.6 is 0 Å². The third-order valence-electron chi connectivity index (χ3n) is 8.26. The molecule has 12 heteroatoms. The Hall–Kier alpha value is -2.83. The summed E-state index contributed by atoms with van der Waals surface area (Å²) in [5.41, 5.74) is 1.04. The van der Waals surface area contributed by atoms with Gasteiger partial charge in [-0.05, 0) is 63.1 Å². The topological polar surface area (TPSA) is 88.6 Å². The number of nitrogens with zero attached hydrogens (tertiary/aromatic N) is 3. The van der Waals surface area contributed by atoms with Gasteiger partial charge in [0.15, 0.2) is 0 Å². The van der Waals surface area contributed by atoms with E-state index in [1.807, 2.05) is 6.92 Å². The maximum atomic E-state index is 14.1. The van der Waals surface area contributed by atoms with Crippen molar-refractivity contribution >= 4 is 11.7 Å². The molecule has 0 aliphatic carbocycles. The van der Waals surface area contributed by atoms with Crippen LogP contribution < -0.4 is 10.6 Å². The van der Waals surface area contributed by atoms with Crippen molar-refractivity contribution in [1.82, 2.24) is 20.2 Å². The number of benzene rings is 1. The van der Waals surface area contributed by atoms with Gasteiger partial charge < -0.3 is 25.0 Å². The minimum atomic E-state index is -4.37. The number of aromatic nitrogens is 2. The van der Waals surface area contributed by atoms with Gasteiger partial charge in [-0.15, -0.1) is 0 Å². The molecule has 0 radical (unpaired) electrons. The summed E-state index contributed by atoms with van der Waals surface area (Å²) >= 11 is 0. The molecule has 4 heterocycles. The van der Waals surface area contributed by atoms with Crippen LogP contribution in [0, 0.1) is 6.92 Å². The first kappa shape index (κ1) is 29.7. The fraction of sp³-hybridized carbons (Fsp3) is 0.621. The molecule has 3 aliphatic rings. The molecule has 41 heavy (non-hydrogen) atoms. The standard InChI is InChI=1S/C29H37F4N5O3/c1-18-26(28(39)38-12-9-21(10-13-38)37-24-11-14-40-16-23(24)30)35-17-36-27(18)34-15-22-3-2-4-25(41-22)19-5-7-20(8-6-19)29(31,32)33/h5-8,17,21-25,37H,2-4,9-16H2,1H3,(H,34,35,36)/t22-,23?,24?,25+/m1/s1. The number of rotatable bonds is 7. The van der Waals surface area contributed by atoms with Crippen molar-refractivity contribution < 1.29 is 31.8 Å². The van der Waals surface area contributed by atoms with E-state index in [1.165, 1.54) is 18.5 Å². The van der Waals surface area contributed by atoms with E-state index < -0.39 is 17.9 Å². The fourth-order valence-electron chi connectivity index (χ4n) is 5.83. The molecule has 0 spiro atoms. The van der Waals surface area contributed by atoms with E-state index in [1.54, 1.807) is 4.90 Å². The number of likely N-dealkylation sites (tertiary alicyclic amines) is 1. The zero-order chi connectivity index (χ0) is 29.0. The van der Waals surface area contributed by atoms with Crippen molar-refractivity contribution in [1.29, 1.82) is 0 Å². The van der Waals surface area contributed by atoms with Crippen LogP contribution in [0.25, 0.3) is 0 Å². The highest BCUT2D eigenvalue weighted by molar-refractivity contribution is 5.94. The Bertz CT molecular complexity index is 1170. The van der Waals surface area contributed by atoms with Crippen molar-refractivity contribution in [3.63, 3.8) is 0 Å². The number of hydrogen-bond acceptors (Lipinski definition) is 7. The van der Waals surface area contributed by atoms with Crippen LogP contribution in [0.4, 0.5) is 23.4 Å². The maximum Gasteiger partial charge on any atom is 0.416 e. The molecule has 3 saturated heterocycles. The number of piperidine rings is 1. The van der Waals surface area contributed by atoms with Crippen LogP contribution in [0.2, 0.25) is 0 Å². The summed E-state index contributed by atoms with van der Waals surface area (Å²) in [5.74, 6) is 0.394. The number of nitrogens with one attached hydrogen (secondary N) is 2. The van der Waals surface area contributed by atoms with Gasteiger partial charge >= 0.3 is 6.18 Å². The second kappa shape index (κ2) is 13.0. The van der Waals surface area contributed by atoms with E-state index in [2.05, 4.69) is 20.6 Å². The molecule has 224 valence electrons. The number of alkyl halides is 4. The van der Waals surface area contributed by atoms with Crippen molar-refractivity contribution in [2.75, 3.05) is 38.2 Å². The van der Waals surface area contributed by atoms with Crippen LogP contribution in [0.5, 0.6) is 0 Å². The van der Waals surface area contributed by atoms with E-state index in [-0.39, 0.29) is 36.8 Å². The highest BCUT2D eigenvalue weighted by atomic mass is 19.4. The minimum Gasteiger partial charge on any atom is -0.378 e. The summed E-state index contributed by atoms with van der Waals surface area (Å²) in [6.45, 7) is 4.06. The third-order valence-corrected chi connectivity index (χ3v) is 8.26. The molecular formula is C29H37F4N5O3. The Morgan fingerprint density at radius 2 is 1.83 bits per heavy atom. The Balaban J connectivity index is 1.13. The molecule has 2 aromatic rings. The highest BCUT2D eigenvalue weighted by Crippen LogP contribution is 2.34. The first-order chi connectivity index (χ1) is 19.7. The van der Waals surface area contributed by atoms with Gasteiger partial charge in [-0.25, -0.2) is 14.4 Å². The average Bonchev–Trinajstić information content (AvgIpc) is 2.98. The van der Waals surface area contributed by atoms with E-state index in [4.69, 9.17) is 9.47 Å². The van der Waals surface area contributed by atoms with E-state index in [0.717, 1.165) is 49.8 Å². The van der Waals surface area contributed by atoms with Gasteiger partial charge in [0.25, 0.3) is 5.91 Å². The molecule has 8 nitrogen and oxygen atoms in total. The lowest BCUT2D eigenvalue weighted by Crippen LogP contribution is -2.52. The molecule has 1 aromatic heterocycles. The lowest BCUT2D eigenvalue weighted by molar-refractivity contribution is -0.137. The summed E-state index contributed by atoms with van der Waals surface area (Å²) in [5, 5.41) is 6.70. The van der Waals surface area contributed by atoms with E-state index in [9.17, 15) is 22.4 Å². The van der Waals surface area contributed by atoms with E-state index >= 15 is 0 Å². The zero-order valence-electron chi connectivity index (χ0n) is 23.1. The molecule has 4 atom stereocenters. The zero-order valence-corrected chi connectivity index (χ0v) is 23.1. The Morgan fingerprint density at radius 3 is 2.54 bits per heavy atom. The summed E-state index contributed by atoms with van der Waals surface area (Å²) < 4.78 is 64.3. The molecule has 2 unspecified atom stereocenters. The van der Waals surface area contributed by atoms with Gasteiger partial charge in [0, 0.05) is 43.9 Å². The molecule has 5 rings (SSSR count). The number of carbonyl (C=O) groups is 1. The molecule has 3 aliphatic heterocycles. The fourth-order valence-corrected chi connectivity index (χ4v) is 5.83. The molecule has 1 aromatic carbocycles. The monoisotopic (exact) mass is 579 g/mol. The molecular weight excluding hydrogens is 542 g/mol. The largest absolute Gasteiger partial charge is 0.416 e. The predicted molar refractivity (Wildman–Crippen MR) is 144 cm³/mol. The highest BCUT2D eigenvalue weighted by Gasteiger charge is 2.32. The summed E-state index contributed by atoms with van der Waals surface area (Å²) in [7, 11) is 0. The Labute approximate surface area is 237 Å². The molecule has 2 N–H and O–H groups in total. The van der Waals surface area contributed by atoms with Crippen molar-refractivity contribution in [2.24, 2.45) is 0 Å². The quantitative estimate of drug-likeness (QED) is 0.454. The maximum absolute atomic E-state index is 14.1. The lowest BCUT2D eigenvalue weighted by Gasteiger charge is -2.36. The first-order valence-electron chi connectivity index (χ1n) is 14.3. The van der Waals surface area contributed by atoms with Crippen LogP contribution in [-0.2, 0) is 15.7 Å². The van der Waals surface area contributed by atoms with Gasteiger partial charge in [0.1, 0.15) is 24.0 Å². The molecule has 3 fully saturated rings. The summed E-state index contributed by atoms with van der Waals surface area (Å²) in [6.07, 6.45) is 0.123. The molecule has 0 bridgehead atoms. The Kier molecular flexibility index (Phi) is 9.40. The summed E-state index contributed by atoms with van der Waals surface area (Å²) in [4.78, 5) is 23.7. The van der Waals surface area contributed by atoms with Crippen LogP contribution in [0.15, 0.2) is 30.6 Å². The van der Waals surface area contributed by atoms with Gasteiger partial charge in [0.2, 0.25) is 0 Å². The normalized spacial score (nSPS) is 26.1. The lowest BCUT2D eigenvalue weighted by atomic mass is 9.97. The number of halogens is 4. The van der Waals surface area contributed by atoms with Crippen LogP contribution in [0.1, 0.15) is 71.8 Å². The molecule has 1 amide bonds. The smallest absolute Gasteiger partial charge is 0.378 e. The number of anilines is 1. The SMILES string of the molecule is Cc1c(NC[C@H]2CCC[C@@H](c3ccc(C(F)(F)F)cc3)O2)ncnc1C(=O)N1CCC(NC2CCOCC2F)CC1. The van der Waals surface area contributed by atoms with E-state index in [0.29, 0.717) is 49.7 Å². The van der Waals surface area contributed by atoms with Gasteiger partial charge in [-0.1, -0.05) is 12.1 Å². The Morgan fingerprint density at radius 1 is 1.07 bits per heavy atom. The second-order valence-corrected chi connectivity index (χ2v) is 11.1. The van der Waals surface area contributed by atoms with Gasteiger partial charge in [-0.3, -0.25) is 4.79 Å². The number of hydrogen-bond donors (Lipinski definition) is 2.